The fourth-order valence-electron chi connectivity index (χ4n) is 3.13. The normalized spacial score (nSPS) is 22.6. The molecule has 0 amide bonds. The highest BCUT2D eigenvalue weighted by atomic mass is 15.2. The number of likely N-dealkylation sites (tertiary alicyclic amines) is 1. The fraction of sp³-hybridized carbons (Fsp3) is 1.00. The number of hydrogen-bond acceptors (Lipinski definition) is 3. The minimum Gasteiger partial charge on any atom is -0.316 e. The van der Waals surface area contributed by atoms with Gasteiger partial charge in [0, 0.05) is 18.6 Å². The second kappa shape index (κ2) is 8.93. The Kier molecular flexibility index (Phi) is 7.96. The van der Waals surface area contributed by atoms with Crippen molar-refractivity contribution in [2.45, 2.75) is 58.5 Å². The predicted octanol–water partition coefficient (Wildman–Crippen LogP) is 2.43. The molecule has 1 fully saturated rings. The highest BCUT2D eigenvalue weighted by molar-refractivity contribution is 4.84. The smallest absolute Gasteiger partial charge is 0.0226 e. The van der Waals surface area contributed by atoms with Crippen LogP contribution < -0.4 is 5.32 Å². The summed E-state index contributed by atoms with van der Waals surface area (Å²) in [5.74, 6) is 0.764. The van der Waals surface area contributed by atoms with Gasteiger partial charge in [0.05, 0.1) is 0 Å². The average Bonchev–Trinajstić information content (AvgIpc) is 2.75. The van der Waals surface area contributed by atoms with Crippen molar-refractivity contribution < 1.29 is 0 Å². The van der Waals surface area contributed by atoms with Crippen molar-refractivity contribution in [2.24, 2.45) is 5.92 Å². The van der Waals surface area contributed by atoms with Crippen molar-refractivity contribution in [1.29, 1.82) is 0 Å². The Labute approximate surface area is 120 Å². The zero-order chi connectivity index (χ0) is 14.3. The summed E-state index contributed by atoms with van der Waals surface area (Å²) >= 11 is 0. The molecule has 1 rings (SSSR count). The number of hydrogen-bond donors (Lipinski definition) is 1. The lowest BCUT2D eigenvalue weighted by Crippen LogP contribution is -2.42. The van der Waals surface area contributed by atoms with Crippen LogP contribution in [0.25, 0.3) is 0 Å². The molecule has 1 aliphatic rings. The van der Waals surface area contributed by atoms with Crippen LogP contribution in [0.1, 0.15) is 46.5 Å². The molecule has 0 aromatic carbocycles. The summed E-state index contributed by atoms with van der Waals surface area (Å²) in [5.41, 5.74) is 0. The summed E-state index contributed by atoms with van der Waals surface area (Å²) in [7, 11) is 4.38. The quantitative estimate of drug-likeness (QED) is 0.649. The summed E-state index contributed by atoms with van der Waals surface area (Å²) in [6.45, 7) is 11.8. The van der Waals surface area contributed by atoms with E-state index in [4.69, 9.17) is 0 Å². The molecule has 0 radical (unpaired) electrons. The minimum atomic E-state index is 0.744. The van der Waals surface area contributed by atoms with Crippen LogP contribution in [0.15, 0.2) is 0 Å². The van der Waals surface area contributed by atoms with E-state index in [0.29, 0.717) is 0 Å². The van der Waals surface area contributed by atoms with Crippen molar-refractivity contribution in [2.75, 3.05) is 40.3 Å². The van der Waals surface area contributed by atoms with Gasteiger partial charge in [-0.25, -0.2) is 0 Å². The van der Waals surface area contributed by atoms with Gasteiger partial charge in [0.15, 0.2) is 0 Å². The Bertz CT molecular complexity index is 228. The average molecular weight is 269 g/mol. The summed E-state index contributed by atoms with van der Waals surface area (Å²) in [4.78, 5) is 5.07. The maximum absolute atomic E-state index is 3.55. The lowest BCUT2D eigenvalue weighted by molar-refractivity contribution is 0.153. The van der Waals surface area contributed by atoms with Gasteiger partial charge in [-0.05, 0) is 72.3 Å². The first kappa shape index (κ1) is 16.9. The van der Waals surface area contributed by atoms with Gasteiger partial charge in [0.1, 0.15) is 0 Å². The standard InChI is InChI=1S/C16H35N3/c1-14(2)12-17-10-6-8-15(3)19-11-7-9-16(19)13-18(4)5/h14-17H,6-13H2,1-5H3. The third kappa shape index (κ3) is 6.73. The zero-order valence-corrected chi connectivity index (χ0v) is 13.8. The van der Waals surface area contributed by atoms with E-state index in [0.717, 1.165) is 24.5 Å². The largest absolute Gasteiger partial charge is 0.316 e. The second-order valence-electron chi connectivity index (χ2n) is 6.89. The molecule has 0 saturated carbocycles. The molecule has 0 bridgehead atoms. The molecule has 1 saturated heterocycles. The first-order valence-corrected chi connectivity index (χ1v) is 8.12. The van der Waals surface area contributed by atoms with E-state index in [1.807, 2.05) is 0 Å². The second-order valence-corrected chi connectivity index (χ2v) is 6.89. The van der Waals surface area contributed by atoms with E-state index in [-0.39, 0.29) is 0 Å². The number of nitrogens with one attached hydrogen (secondary N) is 1. The topological polar surface area (TPSA) is 18.5 Å². The number of likely N-dealkylation sites (N-methyl/N-ethyl adjacent to an activating group) is 1. The monoisotopic (exact) mass is 269 g/mol. The number of nitrogens with zero attached hydrogens (tertiary/aromatic N) is 2. The Morgan fingerprint density at radius 2 is 2.00 bits per heavy atom. The fourth-order valence-corrected chi connectivity index (χ4v) is 3.13. The van der Waals surface area contributed by atoms with Crippen LogP contribution in [-0.4, -0.2) is 62.2 Å². The highest BCUT2D eigenvalue weighted by Crippen LogP contribution is 2.22. The van der Waals surface area contributed by atoms with E-state index < -0.39 is 0 Å². The van der Waals surface area contributed by atoms with Gasteiger partial charge < -0.3 is 10.2 Å². The summed E-state index contributed by atoms with van der Waals surface area (Å²) in [6, 6.07) is 1.53. The minimum absolute atomic E-state index is 0.744. The molecular formula is C16H35N3. The molecule has 0 aromatic heterocycles. The SMILES string of the molecule is CC(C)CNCCCC(C)N1CCCC1CN(C)C. The Morgan fingerprint density at radius 3 is 2.63 bits per heavy atom. The van der Waals surface area contributed by atoms with Crippen LogP contribution in [0.2, 0.25) is 0 Å². The van der Waals surface area contributed by atoms with Gasteiger partial charge in [0.25, 0.3) is 0 Å². The van der Waals surface area contributed by atoms with E-state index in [2.05, 4.69) is 50.0 Å². The Morgan fingerprint density at radius 1 is 1.26 bits per heavy atom. The molecule has 1 N–H and O–H groups in total. The predicted molar refractivity (Wildman–Crippen MR) is 84.7 cm³/mol. The molecule has 1 aliphatic heterocycles. The van der Waals surface area contributed by atoms with E-state index in [9.17, 15) is 0 Å². The number of rotatable bonds is 9. The van der Waals surface area contributed by atoms with Gasteiger partial charge >= 0.3 is 0 Å². The summed E-state index contributed by atoms with van der Waals surface area (Å²) in [5, 5.41) is 3.55. The molecule has 2 unspecified atom stereocenters. The lowest BCUT2D eigenvalue weighted by atomic mass is 10.1. The Hall–Kier alpha value is -0.120. The lowest BCUT2D eigenvalue weighted by Gasteiger charge is -2.32. The van der Waals surface area contributed by atoms with E-state index in [1.165, 1.54) is 45.3 Å². The van der Waals surface area contributed by atoms with E-state index in [1.54, 1.807) is 0 Å². The molecule has 0 aliphatic carbocycles. The summed E-state index contributed by atoms with van der Waals surface area (Å²) in [6.07, 6.45) is 5.40. The molecule has 3 heteroatoms. The molecule has 114 valence electrons. The molecule has 0 spiro atoms. The van der Waals surface area contributed by atoms with Crippen LogP contribution in [-0.2, 0) is 0 Å². The van der Waals surface area contributed by atoms with E-state index >= 15 is 0 Å². The van der Waals surface area contributed by atoms with Gasteiger partial charge in [-0.3, -0.25) is 4.90 Å². The molecule has 1 heterocycles. The molecule has 3 nitrogen and oxygen atoms in total. The Balaban J connectivity index is 2.18. The van der Waals surface area contributed by atoms with Gasteiger partial charge in [-0.15, -0.1) is 0 Å². The van der Waals surface area contributed by atoms with Crippen LogP contribution in [0.5, 0.6) is 0 Å². The molecule has 2 atom stereocenters. The zero-order valence-electron chi connectivity index (χ0n) is 13.8. The van der Waals surface area contributed by atoms with Crippen molar-refractivity contribution in [3.05, 3.63) is 0 Å². The van der Waals surface area contributed by atoms with Crippen LogP contribution in [0.4, 0.5) is 0 Å². The first-order valence-electron chi connectivity index (χ1n) is 8.12. The third-order valence-corrected chi connectivity index (χ3v) is 4.09. The van der Waals surface area contributed by atoms with Crippen molar-refractivity contribution in [3.63, 3.8) is 0 Å². The van der Waals surface area contributed by atoms with Gasteiger partial charge in [-0.2, -0.15) is 0 Å². The molecule has 0 aromatic rings. The first-order chi connectivity index (χ1) is 9.00. The maximum Gasteiger partial charge on any atom is 0.0226 e. The highest BCUT2D eigenvalue weighted by Gasteiger charge is 2.28. The summed E-state index contributed by atoms with van der Waals surface area (Å²) < 4.78 is 0. The third-order valence-electron chi connectivity index (χ3n) is 4.09. The van der Waals surface area contributed by atoms with Crippen molar-refractivity contribution in [3.8, 4) is 0 Å². The molecular weight excluding hydrogens is 234 g/mol. The van der Waals surface area contributed by atoms with Crippen molar-refractivity contribution in [1.82, 2.24) is 15.1 Å². The van der Waals surface area contributed by atoms with Crippen LogP contribution in [0, 0.1) is 5.92 Å². The van der Waals surface area contributed by atoms with Crippen molar-refractivity contribution >= 4 is 0 Å². The maximum atomic E-state index is 3.55. The van der Waals surface area contributed by atoms with Crippen LogP contribution in [0.3, 0.4) is 0 Å². The van der Waals surface area contributed by atoms with Gasteiger partial charge in [-0.1, -0.05) is 13.8 Å². The van der Waals surface area contributed by atoms with Gasteiger partial charge in [0.2, 0.25) is 0 Å². The van der Waals surface area contributed by atoms with Crippen LogP contribution >= 0.6 is 0 Å². The molecule has 19 heavy (non-hydrogen) atoms.